The molecule has 1 rings (SSSR count). The van der Waals surface area contributed by atoms with E-state index in [-0.39, 0.29) is 12.4 Å². The van der Waals surface area contributed by atoms with Crippen LogP contribution < -0.4 is 10.5 Å². The highest BCUT2D eigenvalue weighted by Crippen LogP contribution is 2.12. The molecule has 0 saturated carbocycles. The molecule has 4 heteroatoms. The second kappa shape index (κ2) is 6.03. The number of hydrogen-bond donors (Lipinski definition) is 2. The molecule has 0 amide bonds. The predicted octanol–water partition coefficient (Wildman–Crippen LogP) is 1.19. The van der Waals surface area contributed by atoms with Crippen molar-refractivity contribution < 1.29 is 9.47 Å². The van der Waals surface area contributed by atoms with Gasteiger partial charge in [-0.25, -0.2) is 0 Å². The highest BCUT2D eigenvalue weighted by molar-refractivity contribution is 5.78. The third-order valence-electron chi connectivity index (χ3n) is 1.91. The molecule has 0 bridgehead atoms. The number of methoxy groups -OCH3 is 1. The first-order valence-electron chi connectivity index (χ1n) is 4.76. The van der Waals surface area contributed by atoms with Crippen LogP contribution in [-0.2, 0) is 11.2 Å². The molecule has 0 aliphatic heterocycles. The molecule has 1 aromatic carbocycles. The Kier molecular flexibility index (Phi) is 4.63. The average molecular weight is 208 g/mol. The molecular formula is C11H16N2O2. The molecule has 0 unspecified atom stereocenters. The van der Waals surface area contributed by atoms with Gasteiger partial charge in [0.1, 0.15) is 18.2 Å². The SMILES string of the molecule is COCCc1ccc(OCC(=N)N)cc1. The van der Waals surface area contributed by atoms with Crippen LogP contribution in [0.3, 0.4) is 0 Å². The maximum atomic E-state index is 7.01. The van der Waals surface area contributed by atoms with Gasteiger partial charge in [-0.15, -0.1) is 0 Å². The summed E-state index contributed by atoms with van der Waals surface area (Å²) < 4.78 is 10.2. The van der Waals surface area contributed by atoms with Gasteiger partial charge in [-0.3, -0.25) is 5.41 Å². The summed E-state index contributed by atoms with van der Waals surface area (Å²) in [5.74, 6) is 0.754. The number of amidine groups is 1. The summed E-state index contributed by atoms with van der Waals surface area (Å²) in [7, 11) is 1.68. The van der Waals surface area contributed by atoms with Gasteiger partial charge < -0.3 is 15.2 Å². The number of nitrogens with one attached hydrogen (secondary N) is 1. The van der Waals surface area contributed by atoms with Gasteiger partial charge in [0.05, 0.1) is 6.61 Å². The fourth-order valence-corrected chi connectivity index (χ4v) is 1.13. The van der Waals surface area contributed by atoms with Crippen LogP contribution in [0.15, 0.2) is 24.3 Å². The van der Waals surface area contributed by atoms with E-state index < -0.39 is 0 Å². The molecular weight excluding hydrogens is 192 g/mol. The van der Waals surface area contributed by atoms with Crippen molar-refractivity contribution in [1.82, 2.24) is 0 Å². The van der Waals surface area contributed by atoms with Crippen LogP contribution >= 0.6 is 0 Å². The monoisotopic (exact) mass is 208 g/mol. The zero-order valence-electron chi connectivity index (χ0n) is 8.82. The van der Waals surface area contributed by atoms with Crippen LogP contribution in [0.2, 0.25) is 0 Å². The average Bonchev–Trinajstić information content (AvgIpc) is 2.25. The molecule has 4 nitrogen and oxygen atoms in total. The molecule has 0 heterocycles. The Morgan fingerprint density at radius 1 is 1.33 bits per heavy atom. The van der Waals surface area contributed by atoms with Crippen LogP contribution in [0, 0.1) is 5.41 Å². The van der Waals surface area contributed by atoms with E-state index in [1.54, 1.807) is 7.11 Å². The first-order chi connectivity index (χ1) is 7.22. The van der Waals surface area contributed by atoms with E-state index in [1.165, 1.54) is 5.56 Å². The molecule has 15 heavy (non-hydrogen) atoms. The largest absolute Gasteiger partial charge is 0.486 e. The van der Waals surface area contributed by atoms with Crippen molar-refractivity contribution in [2.24, 2.45) is 5.73 Å². The number of benzene rings is 1. The summed E-state index contributed by atoms with van der Waals surface area (Å²) in [4.78, 5) is 0. The fraction of sp³-hybridized carbons (Fsp3) is 0.364. The Balaban J connectivity index is 2.45. The lowest BCUT2D eigenvalue weighted by molar-refractivity contribution is 0.202. The topological polar surface area (TPSA) is 68.3 Å². The molecule has 0 aliphatic carbocycles. The molecule has 0 atom stereocenters. The van der Waals surface area contributed by atoms with Crippen molar-refractivity contribution in [3.8, 4) is 5.75 Å². The van der Waals surface area contributed by atoms with Crippen molar-refractivity contribution in [2.75, 3.05) is 20.3 Å². The van der Waals surface area contributed by atoms with Crippen LogP contribution in [0.4, 0.5) is 0 Å². The van der Waals surface area contributed by atoms with Gasteiger partial charge in [-0.2, -0.15) is 0 Å². The van der Waals surface area contributed by atoms with E-state index in [0.29, 0.717) is 6.61 Å². The fourth-order valence-electron chi connectivity index (χ4n) is 1.13. The highest BCUT2D eigenvalue weighted by atomic mass is 16.5. The quantitative estimate of drug-likeness (QED) is 0.545. The van der Waals surface area contributed by atoms with Gasteiger partial charge in [0.2, 0.25) is 0 Å². The van der Waals surface area contributed by atoms with Crippen molar-refractivity contribution in [3.05, 3.63) is 29.8 Å². The lowest BCUT2D eigenvalue weighted by atomic mass is 10.1. The van der Waals surface area contributed by atoms with Crippen molar-refractivity contribution in [2.45, 2.75) is 6.42 Å². The van der Waals surface area contributed by atoms with Gasteiger partial charge in [-0.05, 0) is 24.1 Å². The van der Waals surface area contributed by atoms with E-state index in [2.05, 4.69) is 0 Å². The Hall–Kier alpha value is -1.55. The number of nitrogens with two attached hydrogens (primary N) is 1. The minimum atomic E-state index is 0.0264. The maximum absolute atomic E-state index is 7.01. The van der Waals surface area contributed by atoms with Gasteiger partial charge in [-0.1, -0.05) is 12.1 Å². The Labute approximate surface area is 89.5 Å². The standard InChI is InChI=1S/C11H16N2O2/c1-14-7-6-9-2-4-10(5-3-9)15-8-11(12)13/h2-5H,6-8H2,1H3,(H3,12,13). The molecule has 0 aliphatic rings. The Morgan fingerprint density at radius 2 is 2.00 bits per heavy atom. The van der Waals surface area contributed by atoms with Gasteiger partial charge in [0, 0.05) is 7.11 Å². The molecule has 1 aromatic rings. The molecule has 82 valence electrons. The summed E-state index contributed by atoms with van der Waals surface area (Å²) in [6.07, 6.45) is 0.892. The summed E-state index contributed by atoms with van der Waals surface area (Å²) in [5, 5.41) is 7.01. The minimum Gasteiger partial charge on any atom is -0.486 e. The highest BCUT2D eigenvalue weighted by Gasteiger charge is 1.96. The van der Waals surface area contributed by atoms with E-state index in [9.17, 15) is 0 Å². The lowest BCUT2D eigenvalue weighted by Gasteiger charge is -2.05. The zero-order valence-corrected chi connectivity index (χ0v) is 8.82. The van der Waals surface area contributed by atoms with E-state index in [0.717, 1.165) is 12.2 Å². The normalized spacial score (nSPS) is 9.93. The number of rotatable bonds is 6. The Morgan fingerprint density at radius 3 is 2.53 bits per heavy atom. The van der Waals surface area contributed by atoms with Crippen molar-refractivity contribution in [1.29, 1.82) is 5.41 Å². The minimum absolute atomic E-state index is 0.0264. The maximum Gasteiger partial charge on any atom is 0.145 e. The number of ether oxygens (including phenoxy) is 2. The van der Waals surface area contributed by atoms with E-state index in [4.69, 9.17) is 20.6 Å². The van der Waals surface area contributed by atoms with E-state index in [1.807, 2.05) is 24.3 Å². The summed E-state index contributed by atoms with van der Waals surface area (Å²) in [6, 6.07) is 7.70. The van der Waals surface area contributed by atoms with Crippen molar-refractivity contribution in [3.63, 3.8) is 0 Å². The molecule has 0 fully saturated rings. The van der Waals surface area contributed by atoms with Crippen LogP contribution in [-0.4, -0.2) is 26.2 Å². The van der Waals surface area contributed by atoms with Gasteiger partial charge in [0.15, 0.2) is 0 Å². The molecule has 0 radical (unpaired) electrons. The van der Waals surface area contributed by atoms with Crippen molar-refractivity contribution >= 4 is 5.84 Å². The molecule has 0 aromatic heterocycles. The second-order valence-corrected chi connectivity index (χ2v) is 3.20. The summed E-state index contributed by atoms with van der Waals surface area (Å²) >= 11 is 0. The van der Waals surface area contributed by atoms with Crippen LogP contribution in [0.5, 0.6) is 5.75 Å². The van der Waals surface area contributed by atoms with Crippen LogP contribution in [0.25, 0.3) is 0 Å². The van der Waals surface area contributed by atoms with Gasteiger partial charge >= 0.3 is 0 Å². The summed E-state index contributed by atoms with van der Waals surface area (Å²) in [6.45, 7) is 0.852. The lowest BCUT2D eigenvalue weighted by Crippen LogP contribution is -2.19. The Bertz CT molecular complexity index is 309. The second-order valence-electron chi connectivity index (χ2n) is 3.20. The van der Waals surface area contributed by atoms with Crippen LogP contribution in [0.1, 0.15) is 5.56 Å². The third-order valence-corrected chi connectivity index (χ3v) is 1.91. The third kappa shape index (κ3) is 4.46. The first-order valence-corrected chi connectivity index (χ1v) is 4.76. The molecule has 0 spiro atoms. The summed E-state index contributed by atoms with van der Waals surface area (Å²) in [5.41, 5.74) is 6.38. The zero-order chi connectivity index (χ0) is 11.1. The molecule has 3 N–H and O–H groups in total. The first kappa shape index (κ1) is 11.5. The molecule has 0 saturated heterocycles. The van der Waals surface area contributed by atoms with Gasteiger partial charge in [0.25, 0.3) is 0 Å². The predicted molar refractivity (Wildman–Crippen MR) is 59.4 cm³/mol. The smallest absolute Gasteiger partial charge is 0.145 e. The van der Waals surface area contributed by atoms with E-state index >= 15 is 0 Å². The number of hydrogen-bond acceptors (Lipinski definition) is 3.